The number of azo groups is 1. The smallest absolute Gasteiger partial charge is 0.744 e. The van der Waals surface area contributed by atoms with Crippen molar-refractivity contribution in [1.29, 1.82) is 0 Å². The zero-order chi connectivity index (χ0) is 22.4. The van der Waals surface area contributed by atoms with Gasteiger partial charge in [-0.15, -0.1) is 0 Å². The minimum atomic E-state index is -4.50. The van der Waals surface area contributed by atoms with E-state index < -0.39 is 15.0 Å². The minimum Gasteiger partial charge on any atom is -0.744 e. The van der Waals surface area contributed by atoms with E-state index in [1.807, 2.05) is 24.0 Å². The zero-order valence-electron chi connectivity index (χ0n) is 17.6. The summed E-state index contributed by atoms with van der Waals surface area (Å²) in [6, 6.07) is 19.0. The van der Waals surface area contributed by atoms with E-state index in [4.69, 9.17) is 0 Å². The van der Waals surface area contributed by atoms with Gasteiger partial charge in [0.05, 0.1) is 21.2 Å². The average Bonchev–Trinajstić information content (AvgIpc) is 2.76. The molecule has 9 nitrogen and oxygen atoms in total. The van der Waals surface area contributed by atoms with Gasteiger partial charge in [0, 0.05) is 30.9 Å². The number of benzene rings is 3. The van der Waals surface area contributed by atoms with E-state index in [2.05, 4.69) is 10.2 Å². The molecule has 0 unspecified atom stereocenters. The Morgan fingerprint density at radius 3 is 2.00 bits per heavy atom. The quantitative estimate of drug-likeness (QED) is 0.165. The molecule has 0 amide bonds. The molecular formula is C21H19N4NaO5S. The van der Waals surface area contributed by atoms with Gasteiger partial charge in [-0.05, 0) is 61.0 Å². The molecule has 0 aliphatic carbocycles. The van der Waals surface area contributed by atoms with Crippen molar-refractivity contribution >= 4 is 32.9 Å². The Morgan fingerprint density at radius 2 is 1.50 bits per heavy atom. The van der Waals surface area contributed by atoms with Crippen LogP contribution in [0.1, 0.15) is 12.5 Å². The van der Waals surface area contributed by atoms with Crippen molar-refractivity contribution in [2.24, 2.45) is 10.2 Å². The van der Waals surface area contributed by atoms with Gasteiger partial charge in [-0.2, -0.15) is 10.2 Å². The van der Waals surface area contributed by atoms with Gasteiger partial charge in [0.25, 0.3) is 5.69 Å². The van der Waals surface area contributed by atoms with Crippen molar-refractivity contribution < 1.29 is 47.5 Å². The third-order valence-electron chi connectivity index (χ3n) is 4.50. The molecule has 3 aromatic carbocycles. The molecule has 0 heterocycles. The third kappa shape index (κ3) is 6.94. The van der Waals surface area contributed by atoms with Gasteiger partial charge in [0.2, 0.25) is 0 Å². The van der Waals surface area contributed by atoms with Crippen molar-refractivity contribution in [1.82, 2.24) is 0 Å². The Labute approximate surface area is 208 Å². The van der Waals surface area contributed by atoms with Crippen LogP contribution in [0.5, 0.6) is 0 Å². The fourth-order valence-electron chi connectivity index (χ4n) is 2.89. The Kier molecular flexibility index (Phi) is 9.05. The van der Waals surface area contributed by atoms with Crippen LogP contribution in [0.3, 0.4) is 0 Å². The van der Waals surface area contributed by atoms with Crippen LogP contribution < -0.4 is 34.5 Å². The van der Waals surface area contributed by atoms with Crippen LogP contribution in [0.2, 0.25) is 0 Å². The number of hydrogen-bond acceptors (Lipinski definition) is 8. The van der Waals surface area contributed by atoms with Gasteiger partial charge in [0.15, 0.2) is 0 Å². The molecule has 0 saturated carbocycles. The molecule has 3 aromatic rings. The topological polar surface area (TPSA) is 128 Å². The minimum absolute atomic E-state index is 0. The van der Waals surface area contributed by atoms with Crippen LogP contribution in [0.4, 0.5) is 22.7 Å². The molecule has 11 heteroatoms. The first-order valence-electron chi connectivity index (χ1n) is 9.32. The molecule has 0 spiro atoms. The van der Waals surface area contributed by atoms with Gasteiger partial charge in [-0.1, -0.05) is 12.1 Å². The number of nitro groups is 1. The molecule has 0 atom stereocenters. The van der Waals surface area contributed by atoms with Crippen LogP contribution in [-0.2, 0) is 16.7 Å². The van der Waals surface area contributed by atoms with E-state index in [1.165, 1.54) is 36.4 Å². The van der Waals surface area contributed by atoms with E-state index in [1.54, 1.807) is 24.3 Å². The van der Waals surface area contributed by atoms with Crippen LogP contribution in [0, 0.1) is 10.1 Å². The maximum atomic E-state index is 11.2. The van der Waals surface area contributed by atoms with Crippen LogP contribution >= 0.6 is 0 Å². The number of non-ortho nitro benzene ring substituents is 1. The predicted molar refractivity (Wildman–Crippen MR) is 115 cm³/mol. The summed E-state index contributed by atoms with van der Waals surface area (Å²) in [6.45, 7) is 3.07. The van der Waals surface area contributed by atoms with E-state index in [9.17, 15) is 23.1 Å². The Morgan fingerprint density at radius 1 is 0.938 bits per heavy atom. The largest absolute Gasteiger partial charge is 1.00 e. The van der Waals surface area contributed by atoms with E-state index in [-0.39, 0.29) is 40.1 Å². The van der Waals surface area contributed by atoms with Gasteiger partial charge in [-0.25, -0.2) is 8.42 Å². The Bertz CT molecular complexity index is 1200. The fourth-order valence-corrected chi connectivity index (χ4v) is 3.43. The van der Waals surface area contributed by atoms with Gasteiger partial charge in [-0.3, -0.25) is 10.1 Å². The summed E-state index contributed by atoms with van der Waals surface area (Å²) in [4.78, 5) is 12.0. The third-order valence-corrected chi connectivity index (χ3v) is 5.33. The van der Waals surface area contributed by atoms with Gasteiger partial charge >= 0.3 is 29.6 Å². The summed E-state index contributed by atoms with van der Waals surface area (Å²) in [5.41, 5.74) is 2.70. The second kappa shape index (κ2) is 11.3. The Balaban J connectivity index is 0.00000363. The maximum Gasteiger partial charge on any atom is 1.00 e. The molecule has 0 saturated heterocycles. The average molecular weight is 462 g/mol. The molecule has 0 aliphatic rings. The molecule has 160 valence electrons. The van der Waals surface area contributed by atoms with Crippen molar-refractivity contribution in [3.63, 3.8) is 0 Å². The summed E-state index contributed by atoms with van der Waals surface area (Å²) < 4.78 is 33.7. The summed E-state index contributed by atoms with van der Waals surface area (Å²) in [6.07, 6.45) is 0. The second-order valence-electron chi connectivity index (χ2n) is 6.61. The van der Waals surface area contributed by atoms with E-state index >= 15 is 0 Å². The summed E-state index contributed by atoms with van der Waals surface area (Å²) in [7, 11) is -4.50. The standard InChI is InChI=1S/C21H20N4O5S.Na/c1-2-24(15-16-4-3-5-21(14-16)31(28,29)30)19-10-6-17(7-11-19)22-23-18-8-12-20(13-9-18)25(26)27;/h3-14H,2,15H2,1H3,(H,28,29,30);/q;+1/p-1. The summed E-state index contributed by atoms with van der Waals surface area (Å²) in [5, 5.41) is 18.9. The first-order valence-corrected chi connectivity index (χ1v) is 10.7. The van der Waals surface area contributed by atoms with E-state index in [0.717, 1.165) is 5.69 Å². The maximum absolute atomic E-state index is 11.2. The normalized spacial score (nSPS) is 11.2. The SMILES string of the molecule is CCN(Cc1cccc(S(=O)(=O)[O-])c1)c1ccc(N=Nc2ccc([N+](=O)[O-])cc2)cc1.[Na+]. The summed E-state index contributed by atoms with van der Waals surface area (Å²) >= 11 is 0. The molecule has 0 aromatic heterocycles. The van der Waals surface area contributed by atoms with Crippen molar-refractivity contribution in [3.8, 4) is 0 Å². The number of anilines is 1. The van der Waals surface area contributed by atoms with Gasteiger partial charge in [0.1, 0.15) is 10.1 Å². The Hall–Kier alpha value is -2.63. The summed E-state index contributed by atoms with van der Waals surface area (Å²) in [5.74, 6) is 0. The number of hydrogen-bond donors (Lipinski definition) is 0. The number of rotatable bonds is 8. The first kappa shape index (κ1) is 25.6. The molecule has 0 radical (unpaired) electrons. The van der Waals surface area contributed by atoms with Crippen molar-refractivity contribution in [2.45, 2.75) is 18.4 Å². The first-order chi connectivity index (χ1) is 14.8. The number of nitrogens with zero attached hydrogens (tertiary/aromatic N) is 4. The molecule has 32 heavy (non-hydrogen) atoms. The van der Waals surface area contributed by atoms with Crippen LogP contribution in [0.25, 0.3) is 0 Å². The van der Waals surface area contributed by atoms with E-state index in [0.29, 0.717) is 30.0 Å². The molecule has 3 rings (SSSR count). The molecule has 0 N–H and O–H groups in total. The van der Waals surface area contributed by atoms with Crippen molar-refractivity contribution in [3.05, 3.63) is 88.5 Å². The second-order valence-corrected chi connectivity index (χ2v) is 7.99. The van der Waals surface area contributed by atoms with Crippen LogP contribution in [0.15, 0.2) is 87.9 Å². The monoisotopic (exact) mass is 462 g/mol. The van der Waals surface area contributed by atoms with Gasteiger partial charge < -0.3 is 9.45 Å². The fraction of sp³-hybridized carbons (Fsp3) is 0.143. The van der Waals surface area contributed by atoms with Crippen molar-refractivity contribution in [2.75, 3.05) is 11.4 Å². The zero-order valence-corrected chi connectivity index (χ0v) is 20.4. The molecular weight excluding hydrogens is 443 g/mol. The molecule has 0 aliphatic heterocycles. The number of nitro benzene ring substituents is 1. The van der Waals surface area contributed by atoms with Crippen LogP contribution in [-0.4, -0.2) is 24.4 Å². The molecule has 0 fully saturated rings. The predicted octanol–water partition coefficient (Wildman–Crippen LogP) is 1.94. The molecule has 0 bridgehead atoms.